The third-order valence-electron chi connectivity index (χ3n) is 1.06. The van der Waals surface area contributed by atoms with E-state index in [4.69, 9.17) is 5.73 Å². The van der Waals surface area contributed by atoms with Crippen LogP contribution in [0.2, 0.25) is 0 Å². The van der Waals surface area contributed by atoms with Gasteiger partial charge in [0.2, 0.25) is 0 Å². The van der Waals surface area contributed by atoms with E-state index in [1.54, 1.807) is 0 Å². The molecule has 0 aromatic rings. The van der Waals surface area contributed by atoms with Gasteiger partial charge in [0, 0.05) is 0 Å². The second-order valence-electron chi connectivity index (χ2n) is 1.85. The molecule has 48 valence electrons. The quantitative estimate of drug-likeness (QED) is 0.453. The van der Waals surface area contributed by atoms with Crippen molar-refractivity contribution < 1.29 is 0 Å². The number of rotatable bonds is 4. The summed E-state index contributed by atoms with van der Waals surface area (Å²) in [4.78, 5) is 0. The molecule has 0 aromatic heterocycles. The minimum atomic E-state index is 0. The molecule has 2 heteroatoms. The van der Waals surface area contributed by atoms with E-state index in [1.165, 1.54) is 25.7 Å². The van der Waals surface area contributed by atoms with Crippen molar-refractivity contribution in [1.82, 2.24) is 0 Å². The molecule has 0 aliphatic carbocycles. The molecule has 0 aliphatic rings. The van der Waals surface area contributed by atoms with Crippen LogP contribution in [0.5, 0.6) is 0 Å². The van der Waals surface area contributed by atoms with E-state index in [9.17, 15) is 0 Å². The Bertz CT molecular complexity index is 27.7. The van der Waals surface area contributed by atoms with Crippen molar-refractivity contribution in [3.63, 3.8) is 0 Å². The average Bonchev–Trinajstić information content (AvgIpc) is 1.69. The first kappa shape index (κ1) is 12.0. The fourth-order valence-corrected chi connectivity index (χ4v) is 0.571. The first-order valence-electron chi connectivity index (χ1n) is 3.12. The SMILES string of the molecule is CCCCCCN.[CaH2]. The maximum atomic E-state index is 5.27. The summed E-state index contributed by atoms with van der Waals surface area (Å²) in [5.74, 6) is 0. The Labute approximate surface area is 82.0 Å². The van der Waals surface area contributed by atoms with Crippen molar-refractivity contribution in [3.8, 4) is 0 Å². The van der Waals surface area contributed by atoms with Gasteiger partial charge in [-0.15, -0.1) is 0 Å². The topological polar surface area (TPSA) is 26.0 Å². The molecule has 0 amide bonds. The number of hydrogen-bond donors (Lipinski definition) is 1. The summed E-state index contributed by atoms with van der Waals surface area (Å²) in [6, 6.07) is 0. The van der Waals surface area contributed by atoms with Crippen molar-refractivity contribution in [3.05, 3.63) is 0 Å². The molecule has 1 nitrogen and oxygen atoms in total. The summed E-state index contributed by atoms with van der Waals surface area (Å²) in [7, 11) is 0. The summed E-state index contributed by atoms with van der Waals surface area (Å²) in [5, 5.41) is 0. The van der Waals surface area contributed by atoms with Crippen LogP contribution in [-0.4, -0.2) is 44.3 Å². The summed E-state index contributed by atoms with van der Waals surface area (Å²) >= 11 is 0. The van der Waals surface area contributed by atoms with E-state index in [0.717, 1.165) is 6.54 Å². The van der Waals surface area contributed by atoms with Gasteiger partial charge in [0.15, 0.2) is 0 Å². The Morgan fingerprint density at radius 3 is 2.12 bits per heavy atom. The summed E-state index contributed by atoms with van der Waals surface area (Å²) < 4.78 is 0. The van der Waals surface area contributed by atoms with Crippen LogP contribution in [0, 0.1) is 0 Å². The fraction of sp³-hybridized carbons (Fsp3) is 1.00. The average molecular weight is 143 g/mol. The van der Waals surface area contributed by atoms with Gasteiger partial charge in [0.05, 0.1) is 0 Å². The van der Waals surface area contributed by atoms with E-state index in [1.807, 2.05) is 0 Å². The molecule has 0 spiro atoms. The Morgan fingerprint density at radius 2 is 1.75 bits per heavy atom. The fourth-order valence-electron chi connectivity index (χ4n) is 0.571. The Kier molecular flexibility index (Phi) is 16.5. The van der Waals surface area contributed by atoms with Crippen molar-refractivity contribution in [1.29, 1.82) is 0 Å². The van der Waals surface area contributed by atoms with E-state index in [2.05, 4.69) is 6.92 Å². The van der Waals surface area contributed by atoms with E-state index in [-0.39, 0.29) is 37.7 Å². The molecule has 0 aromatic carbocycles. The number of hydrogen-bond acceptors (Lipinski definition) is 1. The zero-order valence-corrected chi connectivity index (χ0v) is 5.11. The molecule has 0 atom stereocenters. The van der Waals surface area contributed by atoms with Crippen LogP contribution in [0.15, 0.2) is 0 Å². The van der Waals surface area contributed by atoms with Crippen LogP contribution >= 0.6 is 0 Å². The molecule has 0 unspecified atom stereocenters. The van der Waals surface area contributed by atoms with E-state index < -0.39 is 0 Å². The van der Waals surface area contributed by atoms with E-state index >= 15 is 0 Å². The van der Waals surface area contributed by atoms with Gasteiger partial charge in [-0.1, -0.05) is 26.2 Å². The van der Waals surface area contributed by atoms with Crippen molar-refractivity contribution in [2.75, 3.05) is 6.54 Å². The van der Waals surface area contributed by atoms with Crippen molar-refractivity contribution in [2.45, 2.75) is 32.6 Å². The predicted octanol–water partition coefficient (Wildman–Crippen LogP) is 0.609. The van der Waals surface area contributed by atoms with Crippen LogP contribution in [0.1, 0.15) is 32.6 Å². The zero-order chi connectivity index (χ0) is 5.54. The molecule has 0 fully saturated rings. The summed E-state index contributed by atoms with van der Waals surface area (Å²) in [6.45, 7) is 3.07. The van der Waals surface area contributed by atoms with Crippen molar-refractivity contribution in [2.24, 2.45) is 5.73 Å². The number of unbranched alkanes of at least 4 members (excludes halogenated alkanes) is 3. The second-order valence-corrected chi connectivity index (χ2v) is 1.85. The molecular weight excluding hydrogens is 126 g/mol. The van der Waals surface area contributed by atoms with Crippen LogP contribution in [-0.2, 0) is 0 Å². The third kappa shape index (κ3) is 10.3. The van der Waals surface area contributed by atoms with Gasteiger partial charge in [-0.05, 0) is 13.0 Å². The molecule has 0 saturated carbocycles. The van der Waals surface area contributed by atoms with Crippen LogP contribution < -0.4 is 5.73 Å². The van der Waals surface area contributed by atoms with Crippen LogP contribution in [0.3, 0.4) is 0 Å². The molecule has 0 heterocycles. The normalized spacial score (nSPS) is 8.25. The molecule has 0 bridgehead atoms. The molecule has 0 radical (unpaired) electrons. The first-order valence-corrected chi connectivity index (χ1v) is 3.12. The predicted molar refractivity (Wildman–Crippen MR) is 41.7 cm³/mol. The standard InChI is InChI=1S/C6H15N.Ca.2H/c1-2-3-4-5-6-7;;;/h2-7H2,1H3;;;. The number of nitrogens with two attached hydrogens (primary N) is 1. The Morgan fingerprint density at radius 1 is 1.12 bits per heavy atom. The molecule has 0 rings (SSSR count). The van der Waals surface area contributed by atoms with E-state index in [0.29, 0.717) is 0 Å². The monoisotopic (exact) mass is 143 g/mol. The van der Waals surface area contributed by atoms with Gasteiger partial charge in [0.1, 0.15) is 0 Å². The summed E-state index contributed by atoms with van der Waals surface area (Å²) in [6.07, 6.45) is 5.16. The Hall–Kier alpha value is 1.22. The molecule has 0 saturated heterocycles. The Balaban J connectivity index is 0. The molecule has 0 aliphatic heterocycles. The summed E-state index contributed by atoms with van der Waals surface area (Å²) in [5.41, 5.74) is 5.27. The van der Waals surface area contributed by atoms with Gasteiger partial charge in [0.25, 0.3) is 0 Å². The van der Waals surface area contributed by atoms with Crippen molar-refractivity contribution >= 4 is 37.7 Å². The van der Waals surface area contributed by atoms with Gasteiger partial charge in [-0.2, -0.15) is 0 Å². The van der Waals surface area contributed by atoms with Gasteiger partial charge < -0.3 is 5.73 Å². The first-order chi connectivity index (χ1) is 3.41. The maximum absolute atomic E-state index is 5.27. The minimum absolute atomic E-state index is 0. The molecular formula is C6H17CaN. The second kappa shape index (κ2) is 11.1. The van der Waals surface area contributed by atoms with Crippen LogP contribution in [0.25, 0.3) is 0 Å². The van der Waals surface area contributed by atoms with Crippen LogP contribution in [0.4, 0.5) is 0 Å². The van der Waals surface area contributed by atoms with Gasteiger partial charge >= 0.3 is 37.7 Å². The molecule has 8 heavy (non-hydrogen) atoms. The molecule has 2 N–H and O–H groups in total. The van der Waals surface area contributed by atoms with Gasteiger partial charge in [-0.3, -0.25) is 0 Å². The zero-order valence-electron chi connectivity index (χ0n) is 5.11. The third-order valence-corrected chi connectivity index (χ3v) is 1.06. The van der Waals surface area contributed by atoms with Gasteiger partial charge in [-0.25, -0.2) is 0 Å².